The van der Waals surface area contributed by atoms with Crippen molar-refractivity contribution in [2.75, 3.05) is 34.5 Å². The molecule has 1 aromatic heterocycles. The van der Waals surface area contributed by atoms with Crippen molar-refractivity contribution >= 4 is 39.3 Å². The number of ether oxygens (including phenoxy) is 5. The van der Waals surface area contributed by atoms with Crippen molar-refractivity contribution < 1.29 is 33.6 Å². The lowest BCUT2D eigenvalue weighted by Crippen LogP contribution is -2.40. The van der Waals surface area contributed by atoms with Crippen LogP contribution in [0, 0.1) is 0 Å². The number of aromatic hydroxyl groups is 1. The van der Waals surface area contributed by atoms with Gasteiger partial charge in [0, 0.05) is 4.47 Å². The molecule has 0 spiro atoms. The summed E-state index contributed by atoms with van der Waals surface area (Å²) in [4.78, 5) is 32.2. The fraction of sp³-hybridized carbons (Fsp3) is 0.321. The average molecular weight is 634 g/mol. The van der Waals surface area contributed by atoms with Crippen LogP contribution in [-0.4, -0.2) is 50.2 Å². The van der Waals surface area contributed by atoms with Crippen LogP contribution in [-0.2, 0) is 9.53 Å². The highest BCUT2D eigenvalue weighted by atomic mass is 79.9. The van der Waals surface area contributed by atoms with E-state index in [9.17, 15) is 14.7 Å². The highest BCUT2D eigenvalue weighted by Gasteiger charge is 2.35. The van der Waals surface area contributed by atoms with Gasteiger partial charge >= 0.3 is 5.97 Å². The molecular weight excluding hydrogens is 604 g/mol. The molecule has 10 nitrogen and oxygen atoms in total. The van der Waals surface area contributed by atoms with Gasteiger partial charge in [-0.25, -0.2) is 9.79 Å². The van der Waals surface area contributed by atoms with Crippen LogP contribution in [0.1, 0.15) is 37.9 Å². The number of hydrogen-bond donors (Lipinski definition) is 1. The van der Waals surface area contributed by atoms with Crippen molar-refractivity contribution in [2.24, 2.45) is 4.99 Å². The summed E-state index contributed by atoms with van der Waals surface area (Å²) < 4.78 is 29.6. The number of halogens is 1. The third-order valence-corrected chi connectivity index (χ3v) is 7.86. The third-order valence-electron chi connectivity index (χ3n) is 6.19. The molecule has 40 heavy (non-hydrogen) atoms. The molecule has 1 aliphatic rings. The van der Waals surface area contributed by atoms with Crippen LogP contribution in [0.5, 0.6) is 28.7 Å². The standard InChI is InChI=1S/C28H29BrN2O8S/c1-7-38-19-13-17(29)16(12-18(19)35-4)24-23(27(34)39-8-2)14(3)30-28-31(24)26(33)22(40-28)11-15-9-20(36-5)25(32)21(10-15)37-6/h9-13,24,32H,7-8H2,1-6H3/b22-11+/t24-/m1/s1. The molecule has 0 saturated carbocycles. The van der Waals surface area contributed by atoms with E-state index in [-0.39, 0.29) is 35.0 Å². The van der Waals surface area contributed by atoms with Crippen LogP contribution < -0.4 is 33.8 Å². The molecule has 3 aromatic rings. The monoisotopic (exact) mass is 632 g/mol. The maximum atomic E-state index is 14.0. The molecule has 0 unspecified atom stereocenters. The van der Waals surface area contributed by atoms with Gasteiger partial charge < -0.3 is 28.8 Å². The summed E-state index contributed by atoms with van der Waals surface area (Å²) in [5.41, 5.74) is 1.47. The first-order valence-electron chi connectivity index (χ1n) is 12.3. The Balaban J connectivity index is 2.00. The first-order valence-corrected chi connectivity index (χ1v) is 13.9. The Bertz CT molecular complexity index is 1650. The molecule has 1 aliphatic heterocycles. The molecule has 212 valence electrons. The number of allylic oxidation sites excluding steroid dienone is 1. The Kier molecular flexibility index (Phi) is 8.89. The highest BCUT2D eigenvalue weighted by Crippen LogP contribution is 2.41. The summed E-state index contributed by atoms with van der Waals surface area (Å²) in [5, 5.41) is 10.3. The number of aromatic nitrogens is 1. The summed E-state index contributed by atoms with van der Waals surface area (Å²) in [5.74, 6) is 0.637. The fourth-order valence-electron chi connectivity index (χ4n) is 4.42. The van der Waals surface area contributed by atoms with E-state index in [0.717, 1.165) is 0 Å². The first-order chi connectivity index (χ1) is 19.2. The van der Waals surface area contributed by atoms with E-state index in [4.69, 9.17) is 23.7 Å². The Morgan fingerprint density at radius 3 is 2.27 bits per heavy atom. The molecule has 2 heterocycles. The quantitative estimate of drug-likeness (QED) is 0.355. The number of methoxy groups -OCH3 is 3. The number of thiazole rings is 1. The van der Waals surface area contributed by atoms with E-state index in [1.807, 2.05) is 6.92 Å². The summed E-state index contributed by atoms with van der Waals surface area (Å²) >= 11 is 4.79. The molecule has 2 aromatic carbocycles. The number of carbonyl (C=O) groups excluding carboxylic acids is 1. The molecule has 0 saturated heterocycles. The number of benzene rings is 2. The lowest BCUT2D eigenvalue weighted by molar-refractivity contribution is -0.139. The largest absolute Gasteiger partial charge is 0.502 e. The van der Waals surface area contributed by atoms with Crippen molar-refractivity contribution in [2.45, 2.75) is 26.8 Å². The molecule has 0 bridgehead atoms. The minimum atomic E-state index is -0.861. The summed E-state index contributed by atoms with van der Waals surface area (Å²) in [6, 6.07) is 5.82. The molecule has 12 heteroatoms. The first kappa shape index (κ1) is 29.2. The maximum absolute atomic E-state index is 14.0. The maximum Gasteiger partial charge on any atom is 0.338 e. The zero-order chi connectivity index (χ0) is 29.1. The van der Waals surface area contributed by atoms with E-state index in [0.29, 0.717) is 48.7 Å². The molecule has 0 amide bonds. The lowest BCUT2D eigenvalue weighted by atomic mass is 9.95. The summed E-state index contributed by atoms with van der Waals surface area (Å²) in [7, 11) is 4.37. The number of phenols is 1. The van der Waals surface area contributed by atoms with Crippen LogP contribution in [0.2, 0.25) is 0 Å². The van der Waals surface area contributed by atoms with Gasteiger partial charge in [-0.3, -0.25) is 9.36 Å². The number of esters is 1. The normalized spacial score (nSPS) is 14.9. The van der Waals surface area contributed by atoms with Gasteiger partial charge in [0.25, 0.3) is 5.56 Å². The SMILES string of the molecule is CCOC(=O)C1=C(C)N=c2s/c(=C/c3cc(OC)c(O)c(OC)c3)c(=O)n2[C@@H]1c1cc(OC)c(OCC)cc1Br. The number of nitrogens with zero attached hydrogens (tertiary/aromatic N) is 2. The minimum Gasteiger partial charge on any atom is -0.502 e. The average Bonchev–Trinajstić information content (AvgIpc) is 3.23. The Hall–Kier alpha value is -3.77. The van der Waals surface area contributed by atoms with Gasteiger partial charge in [-0.15, -0.1) is 0 Å². The van der Waals surface area contributed by atoms with Gasteiger partial charge in [0.15, 0.2) is 27.8 Å². The summed E-state index contributed by atoms with van der Waals surface area (Å²) in [6.07, 6.45) is 1.66. The van der Waals surface area contributed by atoms with Crippen LogP contribution in [0.3, 0.4) is 0 Å². The molecule has 1 atom stereocenters. The number of fused-ring (bicyclic) bond motifs is 1. The number of hydrogen-bond acceptors (Lipinski definition) is 10. The Morgan fingerprint density at radius 1 is 1.05 bits per heavy atom. The van der Waals surface area contributed by atoms with E-state index in [1.54, 1.807) is 44.2 Å². The topological polar surface area (TPSA) is 118 Å². The number of rotatable bonds is 9. The van der Waals surface area contributed by atoms with E-state index in [2.05, 4.69) is 20.9 Å². The molecule has 1 N–H and O–H groups in total. The van der Waals surface area contributed by atoms with Crippen molar-refractivity contribution in [3.05, 3.63) is 70.8 Å². The van der Waals surface area contributed by atoms with Crippen molar-refractivity contribution in [3.63, 3.8) is 0 Å². The zero-order valence-electron chi connectivity index (χ0n) is 22.9. The predicted molar refractivity (Wildman–Crippen MR) is 153 cm³/mol. The third kappa shape index (κ3) is 5.33. The summed E-state index contributed by atoms with van der Waals surface area (Å²) in [6.45, 7) is 5.88. The second-order valence-corrected chi connectivity index (χ2v) is 10.4. The smallest absolute Gasteiger partial charge is 0.338 e. The second kappa shape index (κ2) is 12.2. The van der Waals surface area contributed by atoms with E-state index < -0.39 is 12.0 Å². The molecular formula is C28H29BrN2O8S. The Morgan fingerprint density at radius 2 is 1.70 bits per heavy atom. The fourth-order valence-corrected chi connectivity index (χ4v) is 6.01. The zero-order valence-corrected chi connectivity index (χ0v) is 25.3. The highest BCUT2D eigenvalue weighted by molar-refractivity contribution is 9.10. The van der Waals surface area contributed by atoms with E-state index in [1.165, 1.54) is 37.2 Å². The molecule has 0 aliphatic carbocycles. The van der Waals surface area contributed by atoms with Crippen LogP contribution in [0.15, 0.2) is 49.8 Å². The minimum absolute atomic E-state index is 0.146. The molecule has 0 radical (unpaired) electrons. The second-order valence-electron chi connectivity index (χ2n) is 8.53. The number of carbonyl (C=O) groups is 1. The number of phenolic OH excluding ortho intramolecular Hbond substituents is 1. The van der Waals surface area contributed by atoms with Gasteiger partial charge in [-0.2, -0.15) is 0 Å². The Labute approximate surface area is 242 Å². The van der Waals surface area contributed by atoms with Crippen molar-refractivity contribution in [3.8, 4) is 28.7 Å². The van der Waals surface area contributed by atoms with Gasteiger partial charge in [-0.05, 0) is 62.2 Å². The van der Waals surface area contributed by atoms with Crippen LogP contribution >= 0.6 is 27.3 Å². The van der Waals surface area contributed by atoms with E-state index >= 15 is 0 Å². The van der Waals surface area contributed by atoms with Gasteiger partial charge in [0.2, 0.25) is 5.75 Å². The van der Waals surface area contributed by atoms with Gasteiger partial charge in [0.1, 0.15) is 0 Å². The molecule has 4 rings (SSSR count). The van der Waals surface area contributed by atoms with Crippen LogP contribution in [0.25, 0.3) is 6.08 Å². The van der Waals surface area contributed by atoms with Crippen molar-refractivity contribution in [1.82, 2.24) is 4.57 Å². The van der Waals surface area contributed by atoms with Gasteiger partial charge in [-0.1, -0.05) is 27.3 Å². The lowest BCUT2D eigenvalue weighted by Gasteiger charge is -2.26. The van der Waals surface area contributed by atoms with Crippen LogP contribution in [0.4, 0.5) is 0 Å². The van der Waals surface area contributed by atoms with Gasteiger partial charge in [0.05, 0.1) is 56.4 Å². The molecule has 0 fully saturated rings. The predicted octanol–water partition coefficient (Wildman–Crippen LogP) is 3.69. The van der Waals surface area contributed by atoms with Crippen molar-refractivity contribution in [1.29, 1.82) is 0 Å².